The zero-order chi connectivity index (χ0) is 11.5. The summed E-state index contributed by atoms with van der Waals surface area (Å²) in [5, 5.41) is 3.63. The van der Waals surface area contributed by atoms with E-state index in [0.29, 0.717) is 16.5 Å². The Bertz CT molecular complexity index is 518. The first-order chi connectivity index (χ1) is 7.66. The van der Waals surface area contributed by atoms with Crippen LogP contribution < -0.4 is 11.1 Å². The number of rotatable bonds is 2. The lowest BCUT2D eigenvalue weighted by Crippen LogP contribution is -1.99. The zero-order valence-electron chi connectivity index (χ0n) is 8.11. The van der Waals surface area contributed by atoms with Gasteiger partial charge < -0.3 is 11.1 Å². The minimum atomic E-state index is 0.474. The van der Waals surface area contributed by atoms with E-state index in [-0.39, 0.29) is 0 Å². The van der Waals surface area contributed by atoms with Gasteiger partial charge in [-0.2, -0.15) is 0 Å². The molecule has 16 heavy (non-hydrogen) atoms. The summed E-state index contributed by atoms with van der Waals surface area (Å²) < 4.78 is 0.915. The van der Waals surface area contributed by atoms with Crippen LogP contribution in [0.25, 0.3) is 0 Å². The van der Waals surface area contributed by atoms with Crippen LogP contribution in [0.15, 0.2) is 35.2 Å². The molecular weight excluding hydrogens is 291 g/mol. The number of halogens is 2. The molecule has 0 amide bonds. The normalized spacial score (nSPS) is 10.1. The van der Waals surface area contributed by atoms with Crippen LogP contribution in [0.3, 0.4) is 0 Å². The highest BCUT2D eigenvalue weighted by molar-refractivity contribution is 9.10. The Labute approximate surface area is 106 Å². The lowest BCUT2D eigenvalue weighted by Gasteiger charge is -2.09. The van der Waals surface area contributed by atoms with E-state index in [1.54, 1.807) is 6.07 Å². The predicted molar refractivity (Wildman–Crippen MR) is 68.9 cm³/mol. The van der Waals surface area contributed by atoms with Gasteiger partial charge in [-0.15, -0.1) is 0 Å². The second kappa shape index (κ2) is 4.67. The highest BCUT2D eigenvalue weighted by Crippen LogP contribution is 2.29. The van der Waals surface area contributed by atoms with E-state index in [9.17, 15) is 0 Å². The van der Waals surface area contributed by atoms with Crippen LogP contribution in [0.2, 0.25) is 5.02 Å². The molecule has 0 unspecified atom stereocenters. The van der Waals surface area contributed by atoms with E-state index in [1.807, 2.05) is 12.1 Å². The topological polar surface area (TPSA) is 63.8 Å². The van der Waals surface area contributed by atoms with E-state index in [2.05, 4.69) is 31.2 Å². The quantitative estimate of drug-likeness (QED) is 0.893. The molecule has 6 heteroatoms. The summed E-state index contributed by atoms with van der Waals surface area (Å²) in [7, 11) is 0. The maximum absolute atomic E-state index is 6.06. The Morgan fingerprint density at radius 2 is 2.19 bits per heavy atom. The molecule has 1 aromatic carbocycles. The highest BCUT2D eigenvalue weighted by atomic mass is 79.9. The molecule has 0 radical (unpaired) electrons. The summed E-state index contributed by atoms with van der Waals surface area (Å²) in [6, 6.07) is 5.51. The van der Waals surface area contributed by atoms with E-state index in [4.69, 9.17) is 17.3 Å². The third-order valence-corrected chi connectivity index (χ3v) is 2.73. The van der Waals surface area contributed by atoms with Crippen molar-refractivity contribution in [3.8, 4) is 0 Å². The Hall–Kier alpha value is -1.33. The van der Waals surface area contributed by atoms with Gasteiger partial charge in [0, 0.05) is 4.47 Å². The fraction of sp³-hybridized carbons (Fsp3) is 0. The van der Waals surface area contributed by atoms with Gasteiger partial charge >= 0.3 is 0 Å². The molecule has 0 saturated heterocycles. The lowest BCUT2D eigenvalue weighted by molar-refractivity contribution is 1.17. The first kappa shape index (κ1) is 11.2. The minimum Gasteiger partial charge on any atom is -0.394 e. The van der Waals surface area contributed by atoms with Crippen molar-refractivity contribution in [1.82, 2.24) is 9.97 Å². The zero-order valence-corrected chi connectivity index (χ0v) is 10.5. The molecule has 4 nitrogen and oxygen atoms in total. The number of nitrogen functional groups attached to an aromatic ring is 1. The number of aromatic nitrogens is 2. The van der Waals surface area contributed by atoms with Gasteiger partial charge in [-0.3, -0.25) is 0 Å². The maximum Gasteiger partial charge on any atom is 0.157 e. The molecule has 2 aromatic rings. The number of nitrogens with one attached hydrogen (secondary N) is 1. The van der Waals surface area contributed by atoms with Gasteiger partial charge in [0.25, 0.3) is 0 Å². The summed E-state index contributed by atoms with van der Waals surface area (Å²) in [5.41, 5.74) is 6.93. The molecule has 0 fully saturated rings. The van der Waals surface area contributed by atoms with E-state index < -0.39 is 0 Å². The predicted octanol–water partition coefficient (Wildman–Crippen LogP) is 3.22. The summed E-state index contributed by atoms with van der Waals surface area (Å²) in [4.78, 5) is 7.83. The smallest absolute Gasteiger partial charge is 0.157 e. The Balaban J connectivity index is 2.31. The van der Waals surface area contributed by atoms with Crippen LogP contribution in [-0.2, 0) is 0 Å². The minimum absolute atomic E-state index is 0.474. The van der Waals surface area contributed by atoms with Crippen molar-refractivity contribution in [2.45, 2.75) is 0 Å². The number of nitrogens with two attached hydrogens (primary N) is 1. The number of hydrogen-bond acceptors (Lipinski definition) is 4. The van der Waals surface area contributed by atoms with Gasteiger partial charge in [0.15, 0.2) is 5.82 Å². The molecule has 82 valence electrons. The maximum atomic E-state index is 6.06. The number of anilines is 3. The molecule has 0 bridgehead atoms. The van der Waals surface area contributed by atoms with E-state index >= 15 is 0 Å². The van der Waals surface area contributed by atoms with Crippen molar-refractivity contribution < 1.29 is 0 Å². The van der Waals surface area contributed by atoms with Crippen LogP contribution in [0.1, 0.15) is 0 Å². The van der Waals surface area contributed by atoms with Crippen LogP contribution >= 0.6 is 27.5 Å². The molecule has 0 atom stereocenters. The van der Waals surface area contributed by atoms with Crippen molar-refractivity contribution in [1.29, 1.82) is 0 Å². The second-order valence-electron chi connectivity index (χ2n) is 3.08. The average Bonchev–Trinajstić information content (AvgIpc) is 2.25. The molecule has 1 heterocycles. The summed E-state index contributed by atoms with van der Waals surface area (Å²) >= 11 is 9.39. The molecule has 0 aliphatic heterocycles. The fourth-order valence-corrected chi connectivity index (χ4v) is 1.88. The SMILES string of the molecule is Nc1cncnc1Nc1ccc(Br)cc1Cl. The summed E-state index contributed by atoms with van der Waals surface area (Å²) in [6.45, 7) is 0. The molecule has 2 rings (SSSR count). The van der Waals surface area contributed by atoms with Gasteiger partial charge in [-0.1, -0.05) is 27.5 Å². The average molecular weight is 300 g/mol. The number of nitrogens with zero attached hydrogens (tertiary/aromatic N) is 2. The summed E-state index contributed by atoms with van der Waals surface area (Å²) in [6.07, 6.45) is 2.95. The third-order valence-electron chi connectivity index (χ3n) is 1.92. The molecule has 3 N–H and O–H groups in total. The number of benzene rings is 1. The molecule has 0 spiro atoms. The van der Waals surface area contributed by atoms with Crippen molar-refractivity contribution in [2.24, 2.45) is 0 Å². The van der Waals surface area contributed by atoms with Crippen molar-refractivity contribution in [2.75, 3.05) is 11.1 Å². The number of hydrogen-bond donors (Lipinski definition) is 2. The first-order valence-corrected chi connectivity index (χ1v) is 5.61. The van der Waals surface area contributed by atoms with Crippen molar-refractivity contribution >= 4 is 44.7 Å². The van der Waals surface area contributed by atoms with Gasteiger partial charge in [-0.05, 0) is 18.2 Å². The van der Waals surface area contributed by atoms with Crippen molar-refractivity contribution in [3.05, 3.63) is 40.2 Å². The highest BCUT2D eigenvalue weighted by Gasteiger charge is 2.04. The van der Waals surface area contributed by atoms with E-state index in [0.717, 1.165) is 10.2 Å². The first-order valence-electron chi connectivity index (χ1n) is 4.44. The Kier molecular flexibility index (Phi) is 3.26. The summed E-state index contributed by atoms with van der Waals surface area (Å²) in [5.74, 6) is 0.541. The second-order valence-corrected chi connectivity index (χ2v) is 4.40. The van der Waals surface area contributed by atoms with Crippen LogP contribution in [0.4, 0.5) is 17.2 Å². The Morgan fingerprint density at radius 3 is 2.88 bits per heavy atom. The van der Waals surface area contributed by atoms with Gasteiger partial charge in [0.1, 0.15) is 6.33 Å². The van der Waals surface area contributed by atoms with Gasteiger partial charge in [-0.25, -0.2) is 9.97 Å². The van der Waals surface area contributed by atoms with E-state index in [1.165, 1.54) is 12.5 Å². The van der Waals surface area contributed by atoms with Crippen LogP contribution in [0, 0.1) is 0 Å². The fourth-order valence-electron chi connectivity index (χ4n) is 1.16. The third kappa shape index (κ3) is 2.43. The van der Waals surface area contributed by atoms with Crippen LogP contribution in [-0.4, -0.2) is 9.97 Å². The van der Waals surface area contributed by atoms with Crippen molar-refractivity contribution in [3.63, 3.8) is 0 Å². The lowest BCUT2D eigenvalue weighted by atomic mass is 10.3. The largest absolute Gasteiger partial charge is 0.394 e. The van der Waals surface area contributed by atoms with Gasteiger partial charge in [0.05, 0.1) is 22.6 Å². The van der Waals surface area contributed by atoms with Crippen LogP contribution in [0.5, 0.6) is 0 Å². The Morgan fingerprint density at radius 1 is 1.38 bits per heavy atom. The molecule has 1 aromatic heterocycles. The molecular formula is C10H8BrClN4. The molecule has 0 saturated carbocycles. The standard InChI is InChI=1S/C10H8BrClN4/c11-6-1-2-9(7(12)3-6)16-10-8(13)4-14-5-15-10/h1-5H,13H2,(H,14,15,16). The monoisotopic (exact) mass is 298 g/mol. The molecule has 0 aliphatic carbocycles. The molecule has 0 aliphatic rings. The van der Waals surface area contributed by atoms with Gasteiger partial charge in [0.2, 0.25) is 0 Å².